The molecule has 3 aliphatic rings. The van der Waals surface area contributed by atoms with Crippen LogP contribution in [0, 0.1) is 16.7 Å². The van der Waals surface area contributed by atoms with Crippen LogP contribution in [0.5, 0.6) is 0 Å². The van der Waals surface area contributed by atoms with E-state index in [-0.39, 0.29) is 5.41 Å². The van der Waals surface area contributed by atoms with E-state index in [4.69, 9.17) is 28.5 Å². The van der Waals surface area contributed by atoms with Gasteiger partial charge in [-0.05, 0) is 67.1 Å². The summed E-state index contributed by atoms with van der Waals surface area (Å²) in [5.74, 6) is 0. The van der Waals surface area contributed by atoms with Crippen LogP contribution in [-0.4, -0.2) is 0 Å². The van der Waals surface area contributed by atoms with Gasteiger partial charge in [-0.15, -0.1) is 0 Å². The highest BCUT2D eigenvalue weighted by Gasteiger charge is 2.48. The lowest BCUT2D eigenvalue weighted by Gasteiger charge is -2.54. The van der Waals surface area contributed by atoms with E-state index in [1.54, 1.807) is 0 Å². The molecular formula is C17H19Cl2N. The maximum Gasteiger partial charge on any atom is 0.102 e. The topological polar surface area (TPSA) is 23.8 Å². The Balaban J connectivity index is 1.97. The maximum absolute atomic E-state index is 9.08. The van der Waals surface area contributed by atoms with Gasteiger partial charge >= 0.3 is 0 Å². The van der Waals surface area contributed by atoms with Crippen molar-refractivity contribution in [2.75, 3.05) is 0 Å². The number of benzene rings is 1. The Morgan fingerprint density at radius 1 is 1.05 bits per heavy atom. The van der Waals surface area contributed by atoms with Crippen LogP contribution in [0.4, 0.5) is 0 Å². The number of nitrogens with zero attached hydrogens (tertiary/aromatic N) is 1. The Morgan fingerprint density at radius 3 is 1.95 bits per heavy atom. The van der Waals surface area contributed by atoms with Gasteiger partial charge in [0.15, 0.2) is 0 Å². The van der Waals surface area contributed by atoms with Crippen LogP contribution in [-0.2, 0) is 5.41 Å². The van der Waals surface area contributed by atoms with E-state index in [1.807, 2.05) is 12.1 Å². The van der Waals surface area contributed by atoms with Crippen molar-refractivity contribution in [1.29, 1.82) is 5.26 Å². The average molecular weight is 308 g/mol. The van der Waals surface area contributed by atoms with Crippen molar-refractivity contribution in [2.45, 2.75) is 57.3 Å². The fourth-order valence-electron chi connectivity index (χ4n) is 4.21. The van der Waals surface area contributed by atoms with Gasteiger partial charge in [-0.3, -0.25) is 0 Å². The second-order valence-corrected chi connectivity index (χ2v) is 7.37. The molecule has 0 atom stereocenters. The highest BCUT2D eigenvalue weighted by molar-refractivity contribution is 6.36. The van der Waals surface area contributed by atoms with Gasteiger partial charge < -0.3 is 0 Å². The molecule has 0 aliphatic heterocycles. The van der Waals surface area contributed by atoms with Gasteiger partial charge in [0.25, 0.3) is 0 Å². The predicted octanol–water partition coefficient (Wildman–Crippen LogP) is 5.87. The van der Waals surface area contributed by atoms with Crippen LogP contribution in [0.2, 0.25) is 10.0 Å². The summed E-state index contributed by atoms with van der Waals surface area (Å²) in [4.78, 5) is 0. The molecule has 0 spiro atoms. The van der Waals surface area contributed by atoms with Gasteiger partial charge in [-0.1, -0.05) is 36.5 Å². The van der Waals surface area contributed by atoms with Crippen molar-refractivity contribution in [2.24, 2.45) is 5.41 Å². The van der Waals surface area contributed by atoms with Gasteiger partial charge in [0.05, 0.1) is 15.6 Å². The maximum atomic E-state index is 9.08. The monoisotopic (exact) mass is 307 g/mol. The summed E-state index contributed by atoms with van der Waals surface area (Å²) >= 11 is 12.5. The van der Waals surface area contributed by atoms with Crippen LogP contribution < -0.4 is 0 Å². The first kappa shape index (κ1) is 14.2. The number of rotatable bonds is 2. The summed E-state index contributed by atoms with van der Waals surface area (Å²) in [7, 11) is 0. The van der Waals surface area contributed by atoms with Crippen molar-refractivity contribution >= 4 is 23.2 Å². The van der Waals surface area contributed by atoms with Crippen molar-refractivity contribution in [3.8, 4) is 6.07 Å². The number of hydrogen-bond donors (Lipinski definition) is 0. The third-order valence-electron chi connectivity index (χ3n) is 5.92. The second-order valence-electron chi connectivity index (χ2n) is 6.56. The van der Waals surface area contributed by atoms with Crippen LogP contribution in [0.1, 0.15) is 63.0 Å². The molecule has 106 valence electrons. The smallest absolute Gasteiger partial charge is 0.102 e. The van der Waals surface area contributed by atoms with Crippen molar-refractivity contribution < 1.29 is 0 Å². The Labute approximate surface area is 130 Å². The Kier molecular flexibility index (Phi) is 3.51. The Bertz CT molecular complexity index is 538. The van der Waals surface area contributed by atoms with Gasteiger partial charge in [-0.2, -0.15) is 5.26 Å². The molecule has 1 aromatic carbocycles. The van der Waals surface area contributed by atoms with E-state index in [0.29, 0.717) is 21.0 Å². The minimum atomic E-state index is 0.248. The molecule has 0 unspecified atom stereocenters. The fourth-order valence-corrected chi connectivity index (χ4v) is 4.78. The van der Waals surface area contributed by atoms with Crippen LogP contribution in [0.15, 0.2) is 12.1 Å². The van der Waals surface area contributed by atoms with E-state index in [1.165, 1.54) is 50.5 Å². The number of nitriles is 1. The molecule has 0 N–H and O–H groups in total. The van der Waals surface area contributed by atoms with E-state index >= 15 is 0 Å². The zero-order valence-corrected chi connectivity index (χ0v) is 13.3. The van der Waals surface area contributed by atoms with Gasteiger partial charge in [0.1, 0.15) is 6.07 Å². The summed E-state index contributed by atoms with van der Waals surface area (Å²) in [5, 5.41) is 10.1. The first-order valence-corrected chi connectivity index (χ1v) is 8.19. The molecule has 1 nitrogen and oxygen atoms in total. The molecule has 0 radical (unpaired) electrons. The first-order valence-electron chi connectivity index (χ1n) is 7.44. The van der Waals surface area contributed by atoms with E-state index in [2.05, 4.69) is 13.0 Å². The van der Waals surface area contributed by atoms with E-state index in [0.717, 1.165) is 0 Å². The van der Waals surface area contributed by atoms with Crippen LogP contribution in [0.3, 0.4) is 0 Å². The summed E-state index contributed by atoms with van der Waals surface area (Å²) < 4.78 is 0. The zero-order chi connectivity index (χ0) is 14.4. The molecule has 3 saturated carbocycles. The average Bonchev–Trinajstić information content (AvgIpc) is 2.49. The zero-order valence-electron chi connectivity index (χ0n) is 11.8. The number of halogens is 2. The third-order valence-corrected chi connectivity index (χ3v) is 6.51. The normalized spacial score (nSPS) is 32.1. The fraction of sp³-hybridized carbons (Fsp3) is 0.588. The molecule has 0 amide bonds. The summed E-state index contributed by atoms with van der Waals surface area (Å²) in [6, 6.07) is 6.05. The molecule has 0 saturated heterocycles. The van der Waals surface area contributed by atoms with Crippen molar-refractivity contribution in [3.63, 3.8) is 0 Å². The summed E-state index contributed by atoms with van der Waals surface area (Å²) in [5.41, 5.74) is 2.50. The molecule has 4 rings (SSSR count). The molecule has 3 heteroatoms. The molecule has 0 heterocycles. The second kappa shape index (κ2) is 4.93. The molecule has 3 fully saturated rings. The molecule has 20 heavy (non-hydrogen) atoms. The van der Waals surface area contributed by atoms with Gasteiger partial charge in [0, 0.05) is 0 Å². The lowest BCUT2D eigenvalue weighted by Crippen LogP contribution is -2.43. The first-order chi connectivity index (χ1) is 9.54. The highest BCUT2D eigenvalue weighted by atomic mass is 35.5. The van der Waals surface area contributed by atoms with Gasteiger partial charge in [-0.25, -0.2) is 0 Å². The predicted molar refractivity (Wildman–Crippen MR) is 83.3 cm³/mol. The summed E-state index contributed by atoms with van der Waals surface area (Å²) in [6.45, 7) is 2.33. The lowest BCUT2D eigenvalue weighted by atomic mass is 9.51. The number of fused-ring (bicyclic) bond motifs is 3. The van der Waals surface area contributed by atoms with E-state index in [9.17, 15) is 0 Å². The standard InChI is InChI=1S/C17H19Cl2N/c1-2-16-3-6-17(7-4-16,8-5-16)12-9-14(18)13(11-20)15(19)10-12/h9-10H,2-8H2,1H3. The Morgan fingerprint density at radius 2 is 1.55 bits per heavy atom. The molecular weight excluding hydrogens is 289 g/mol. The SMILES string of the molecule is CCC12CCC(c3cc(Cl)c(C#N)c(Cl)c3)(CC1)CC2. The quantitative estimate of drug-likeness (QED) is 0.670. The van der Waals surface area contributed by atoms with Crippen LogP contribution >= 0.6 is 23.2 Å². The minimum absolute atomic E-state index is 0.248. The third kappa shape index (κ3) is 2.05. The molecule has 3 aliphatic carbocycles. The molecule has 1 aromatic rings. The largest absolute Gasteiger partial charge is 0.192 e. The minimum Gasteiger partial charge on any atom is -0.192 e. The van der Waals surface area contributed by atoms with Gasteiger partial charge in [0.2, 0.25) is 0 Å². The van der Waals surface area contributed by atoms with Crippen LogP contribution in [0.25, 0.3) is 0 Å². The van der Waals surface area contributed by atoms with Crippen molar-refractivity contribution in [1.82, 2.24) is 0 Å². The lowest BCUT2D eigenvalue weighted by molar-refractivity contribution is 0.0367. The van der Waals surface area contributed by atoms with Crippen molar-refractivity contribution in [3.05, 3.63) is 33.3 Å². The molecule has 2 bridgehead atoms. The summed E-state index contributed by atoms with van der Waals surface area (Å²) in [6.07, 6.45) is 8.96. The highest BCUT2D eigenvalue weighted by Crippen LogP contribution is 2.59. The molecule has 0 aromatic heterocycles. The Hall–Kier alpha value is -0.710. The van der Waals surface area contributed by atoms with E-state index < -0.39 is 0 Å². The number of hydrogen-bond acceptors (Lipinski definition) is 1.